The second-order valence-corrected chi connectivity index (χ2v) is 6.25. The number of rotatable bonds is 2. The minimum absolute atomic E-state index is 0.655. The molecule has 0 unspecified atom stereocenters. The van der Waals surface area contributed by atoms with Crippen LogP contribution in [0.4, 0.5) is 0 Å². The third kappa shape index (κ3) is 2.60. The Labute approximate surface area is 111 Å². The Kier molecular flexibility index (Phi) is 3.40. The third-order valence-electron chi connectivity index (χ3n) is 4.79. The average Bonchev–Trinajstić information content (AvgIpc) is 2.75. The van der Waals surface area contributed by atoms with E-state index < -0.39 is 0 Å². The molecule has 0 radical (unpaired) electrons. The third-order valence-corrected chi connectivity index (χ3v) is 4.79. The summed E-state index contributed by atoms with van der Waals surface area (Å²) in [4.78, 5) is 5.13. The molecule has 2 nitrogen and oxygen atoms in total. The molecule has 1 aromatic rings. The van der Waals surface area contributed by atoms with E-state index in [4.69, 9.17) is 0 Å². The fourth-order valence-corrected chi connectivity index (χ4v) is 3.59. The van der Waals surface area contributed by atoms with E-state index in [0.29, 0.717) is 5.41 Å². The van der Waals surface area contributed by atoms with Crippen molar-refractivity contribution in [2.24, 2.45) is 5.41 Å². The number of hydrogen-bond donors (Lipinski definition) is 0. The molecule has 2 saturated heterocycles. The van der Waals surface area contributed by atoms with Gasteiger partial charge in [0.25, 0.3) is 0 Å². The zero-order valence-corrected chi connectivity index (χ0v) is 11.4. The predicted molar refractivity (Wildman–Crippen MR) is 75.5 cm³/mol. The van der Waals surface area contributed by atoms with Gasteiger partial charge in [0.1, 0.15) is 0 Å². The lowest BCUT2D eigenvalue weighted by Gasteiger charge is -2.39. The summed E-state index contributed by atoms with van der Waals surface area (Å²) in [5.41, 5.74) is 2.11. The average molecular weight is 244 g/mol. The first-order chi connectivity index (χ1) is 8.76. The maximum absolute atomic E-state index is 2.62. The summed E-state index contributed by atoms with van der Waals surface area (Å²) in [5, 5.41) is 0. The Hall–Kier alpha value is -0.860. The lowest BCUT2D eigenvalue weighted by Crippen LogP contribution is -2.40. The summed E-state index contributed by atoms with van der Waals surface area (Å²) in [7, 11) is 2.27. The minimum Gasteiger partial charge on any atom is -0.306 e. The molecule has 2 heterocycles. The van der Waals surface area contributed by atoms with Gasteiger partial charge in [-0.1, -0.05) is 30.3 Å². The van der Waals surface area contributed by atoms with E-state index in [2.05, 4.69) is 47.2 Å². The van der Waals surface area contributed by atoms with Crippen LogP contribution in [-0.2, 0) is 6.54 Å². The molecule has 2 heteroatoms. The number of hydrogen-bond acceptors (Lipinski definition) is 2. The van der Waals surface area contributed by atoms with Crippen LogP contribution in [-0.4, -0.2) is 43.0 Å². The standard InChI is InChI=1S/C16H24N2/c1-17-10-7-16(14-17)8-11-18(12-9-16)13-15-5-3-2-4-6-15/h2-6H,7-14H2,1H3. The number of likely N-dealkylation sites (tertiary alicyclic amines) is 2. The van der Waals surface area contributed by atoms with Crippen LogP contribution in [0.25, 0.3) is 0 Å². The highest BCUT2D eigenvalue weighted by Crippen LogP contribution is 2.39. The highest BCUT2D eigenvalue weighted by atomic mass is 15.2. The van der Waals surface area contributed by atoms with Crippen molar-refractivity contribution in [3.8, 4) is 0 Å². The van der Waals surface area contributed by atoms with Crippen molar-refractivity contribution in [3.05, 3.63) is 35.9 Å². The van der Waals surface area contributed by atoms with Gasteiger partial charge in [-0.3, -0.25) is 4.90 Å². The lowest BCUT2D eigenvalue weighted by molar-refractivity contribution is 0.105. The number of nitrogens with zero attached hydrogens (tertiary/aromatic N) is 2. The summed E-state index contributed by atoms with van der Waals surface area (Å²) in [6.45, 7) is 6.32. The Morgan fingerprint density at radius 1 is 1.00 bits per heavy atom. The molecule has 2 aliphatic heterocycles. The van der Waals surface area contributed by atoms with Crippen LogP contribution in [0.3, 0.4) is 0 Å². The topological polar surface area (TPSA) is 6.48 Å². The van der Waals surface area contributed by atoms with Gasteiger partial charge < -0.3 is 4.90 Å². The summed E-state index contributed by atoms with van der Waals surface area (Å²) in [6, 6.07) is 10.9. The highest BCUT2D eigenvalue weighted by molar-refractivity contribution is 5.14. The van der Waals surface area contributed by atoms with Crippen LogP contribution >= 0.6 is 0 Å². The van der Waals surface area contributed by atoms with E-state index in [1.54, 1.807) is 0 Å². The fraction of sp³-hybridized carbons (Fsp3) is 0.625. The monoisotopic (exact) mass is 244 g/mol. The molecule has 0 aromatic heterocycles. The van der Waals surface area contributed by atoms with Gasteiger partial charge in [0.15, 0.2) is 0 Å². The number of piperidine rings is 1. The molecule has 0 N–H and O–H groups in total. The smallest absolute Gasteiger partial charge is 0.0233 e. The first-order valence-corrected chi connectivity index (χ1v) is 7.21. The summed E-state index contributed by atoms with van der Waals surface area (Å²) in [6.07, 6.45) is 4.21. The molecule has 2 aliphatic rings. The predicted octanol–water partition coefficient (Wildman–Crippen LogP) is 2.60. The van der Waals surface area contributed by atoms with Crippen LogP contribution in [0.1, 0.15) is 24.8 Å². The van der Waals surface area contributed by atoms with E-state index >= 15 is 0 Å². The summed E-state index contributed by atoms with van der Waals surface area (Å²) >= 11 is 0. The van der Waals surface area contributed by atoms with E-state index in [-0.39, 0.29) is 0 Å². The van der Waals surface area contributed by atoms with Crippen molar-refractivity contribution in [2.45, 2.75) is 25.8 Å². The maximum Gasteiger partial charge on any atom is 0.0233 e. The van der Waals surface area contributed by atoms with Gasteiger partial charge >= 0.3 is 0 Å². The quantitative estimate of drug-likeness (QED) is 0.789. The first kappa shape index (κ1) is 12.2. The van der Waals surface area contributed by atoms with Crippen LogP contribution in [0, 0.1) is 5.41 Å². The van der Waals surface area contributed by atoms with Crippen molar-refractivity contribution < 1.29 is 0 Å². The first-order valence-electron chi connectivity index (χ1n) is 7.21. The van der Waals surface area contributed by atoms with Gasteiger partial charge in [-0.15, -0.1) is 0 Å². The van der Waals surface area contributed by atoms with Crippen molar-refractivity contribution >= 4 is 0 Å². The van der Waals surface area contributed by atoms with Crippen LogP contribution in [0.5, 0.6) is 0 Å². The SMILES string of the molecule is CN1CCC2(CCN(Cc3ccccc3)CC2)C1. The second kappa shape index (κ2) is 5.02. The molecule has 3 rings (SSSR count). The molecule has 18 heavy (non-hydrogen) atoms. The largest absolute Gasteiger partial charge is 0.306 e. The van der Waals surface area contributed by atoms with Gasteiger partial charge in [-0.25, -0.2) is 0 Å². The molecule has 0 bridgehead atoms. The van der Waals surface area contributed by atoms with E-state index in [0.717, 1.165) is 6.54 Å². The van der Waals surface area contributed by atoms with E-state index in [9.17, 15) is 0 Å². The van der Waals surface area contributed by atoms with Crippen molar-refractivity contribution in [3.63, 3.8) is 0 Å². The Balaban J connectivity index is 1.54. The minimum atomic E-state index is 0.655. The zero-order chi connectivity index (χ0) is 12.4. The van der Waals surface area contributed by atoms with Crippen LogP contribution in [0.15, 0.2) is 30.3 Å². The maximum atomic E-state index is 2.62. The highest BCUT2D eigenvalue weighted by Gasteiger charge is 2.39. The molecule has 2 fully saturated rings. The van der Waals surface area contributed by atoms with E-state index in [1.165, 1.54) is 51.0 Å². The summed E-state index contributed by atoms with van der Waals surface area (Å²) in [5.74, 6) is 0. The summed E-state index contributed by atoms with van der Waals surface area (Å²) < 4.78 is 0. The molecule has 1 aromatic carbocycles. The van der Waals surface area contributed by atoms with Gasteiger partial charge in [0.05, 0.1) is 0 Å². The van der Waals surface area contributed by atoms with Crippen LogP contribution in [0.2, 0.25) is 0 Å². The molecule has 98 valence electrons. The van der Waals surface area contributed by atoms with Gasteiger partial charge in [0.2, 0.25) is 0 Å². The molecule has 1 spiro atoms. The zero-order valence-electron chi connectivity index (χ0n) is 11.4. The van der Waals surface area contributed by atoms with Gasteiger partial charge in [-0.2, -0.15) is 0 Å². The molecule has 0 atom stereocenters. The molecule has 0 saturated carbocycles. The molecular weight excluding hydrogens is 220 g/mol. The van der Waals surface area contributed by atoms with Crippen LogP contribution < -0.4 is 0 Å². The normalized spacial score (nSPS) is 24.7. The molecule has 0 aliphatic carbocycles. The Morgan fingerprint density at radius 2 is 1.67 bits per heavy atom. The van der Waals surface area contributed by atoms with Crippen molar-refractivity contribution in [2.75, 3.05) is 33.2 Å². The Morgan fingerprint density at radius 3 is 2.28 bits per heavy atom. The van der Waals surface area contributed by atoms with Crippen molar-refractivity contribution in [1.29, 1.82) is 0 Å². The van der Waals surface area contributed by atoms with Crippen molar-refractivity contribution in [1.82, 2.24) is 9.80 Å². The van der Waals surface area contributed by atoms with E-state index in [1.807, 2.05) is 0 Å². The fourth-order valence-electron chi connectivity index (χ4n) is 3.59. The van der Waals surface area contributed by atoms with Gasteiger partial charge in [-0.05, 0) is 56.9 Å². The lowest BCUT2D eigenvalue weighted by atomic mass is 9.78. The van der Waals surface area contributed by atoms with Gasteiger partial charge in [0, 0.05) is 13.1 Å². The Bertz CT molecular complexity index is 379. The second-order valence-electron chi connectivity index (χ2n) is 6.25. The molecule has 0 amide bonds. The molecular formula is C16H24N2. The number of benzene rings is 1.